The number of benzene rings is 2. The van der Waals surface area contributed by atoms with Crippen LogP contribution in [0.4, 0.5) is 17.8 Å². The molecule has 0 spiro atoms. The molecule has 24 heavy (non-hydrogen) atoms. The summed E-state index contributed by atoms with van der Waals surface area (Å²) in [5.74, 6) is 1.70. The Kier molecular flexibility index (Phi) is 4.47. The molecule has 1 heterocycles. The molecule has 2 aromatic carbocycles. The summed E-state index contributed by atoms with van der Waals surface area (Å²) in [4.78, 5) is 11.4. The highest BCUT2D eigenvalue weighted by Gasteiger charge is 2.00. The number of rotatable bonds is 5. The van der Waals surface area contributed by atoms with Crippen molar-refractivity contribution in [3.63, 3.8) is 0 Å². The van der Waals surface area contributed by atoms with Gasteiger partial charge in [-0.3, -0.25) is 0 Å². The normalized spacial score (nSPS) is 10.7. The van der Waals surface area contributed by atoms with Gasteiger partial charge in [0.1, 0.15) is 11.5 Å². The molecule has 0 saturated heterocycles. The van der Waals surface area contributed by atoms with E-state index in [4.69, 9.17) is 16.2 Å². The number of nitrogens with one attached hydrogen (secondary N) is 1. The van der Waals surface area contributed by atoms with Crippen molar-refractivity contribution >= 4 is 24.1 Å². The molecule has 3 rings (SSSR count). The maximum absolute atomic E-state index is 5.77. The summed E-state index contributed by atoms with van der Waals surface area (Å²) in [6.07, 6.45) is 1.61. The average Bonchev–Trinajstić information content (AvgIpc) is 2.55. The van der Waals surface area contributed by atoms with E-state index in [0.717, 1.165) is 11.3 Å². The Labute approximate surface area is 138 Å². The van der Waals surface area contributed by atoms with Gasteiger partial charge in [0, 0.05) is 0 Å². The largest absolute Gasteiger partial charge is 0.457 e. The zero-order chi connectivity index (χ0) is 16.8. The first-order valence-electron chi connectivity index (χ1n) is 7.08. The lowest BCUT2D eigenvalue weighted by molar-refractivity contribution is 0.482. The lowest BCUT2D eigenvalue weighted by Gasteiger charge is -2.05. The van der Waals surface area contributed by atoms with E-state index in [1.54, 1.807) is 6.21 Å². The molecule has 8 heteroatoms. The highest BCUT2D eigenvalue weighted by molar-refractivity contribution is 5.80. The second-order valence-corrected chi connectivity index (χ2v) is 4.73. The number of para-hydroxylation sites is 1. The van der Waals surface area contributed by atoms with Gasteiger partial charge in [0.25, 0.3) is 0 Å². The summed E-state index contributed by atoms with van der Waals surface area (Å²) < 4.78 is 5.77. The molecular weight excluding hydrogens is 306 g/mol. The highest BCUT2D eigenvalue weighted by atomic mass is 16.5. The van der Waals surface area contributed by atoms with E-state index in [-0.39, 0.29) is 17.8 Å². The first-order valence-corrected chi connectivity index (χ1v) is 7.08. The summed E-state index contributed by atoms with van der Waals surface area (Å²) >= 11 is 0. The molecule has 3 aromatic rings. The van der Waals surface area contributed by atoms with E-state index >= 15 is 0 Å². The molecule has 0 aliphatic rings. The van der Waals surface area contributed by atoms with Crippen molar-refractivity contribution in [2.45, 2.75) is 0 Å². The van der Waals surface area contributed by atoms with Gasteiger partial charge in [-0.25, -0.2) is 5.43 Å². The van der Waals surface area contributed by atoms with Gasteiger partial charge < -0.3 is 16.2 Å². The van der Waals surface area contributed by atoms with Crippen LogP contribution in [0, 0.1) is 0 Å². The van der Waals surface area contributed by atoms with Crippen LogP contribution in [0.5, 0.6) is 11.5 Å². The van der Waals surface area contributed by atoms with Crippen molar-refractivity contribution in [2.24, 2.45) is 5.10 Å². The molecule has 0 bridgehead atoms. The fourth-order valence-corrected chi connectivity index (χ4v) is 1.91. The minimum atomic E-state index is 0.0264. The van der Waals surface area contributed by atoms with E-state index in [2.05, 4.69) is 25.5 Å². The number of hydrazone groups is 1. The van der Waals surface area contributed by atoms with Crippen LogP contribution in [0.2, 0.25) is 0 Å². The van der Waals surface area contributed by atoms with E-state index in [1.807, 2.05) is 54.6 Å². The summed E-state index contributed by atoms with van der Waals surface area (Å²) in [6, 6.07) is 17.0. The Morgan fingerprint density at radius 3 is 2.33 bits per heavy atom. The number of hydrogen-bond donors (Lipinski definition) is 3. The van der Waals surface area contributed by atoms with Crippen LogP contribution >= 0.6 is 0 Å². The van der Waals surface area contributed by atoms with E-state index < -0.39 is 0 Å². The number of hydrogen-bond acceptors (Lipinski definition) is 8. The first-order chi connectivity index (χ1) is 11.7. The predicted octanol–water partition coefficient (Wildman–Crippen LogP) is 2.27. The maximum Gasteiger partial charge on any atom is 0.250 e. The first kappa shape index (κ1) is 15.2. The van der Waals surface area contributed by atoms with Crippen LogP contribution in [0.1, 0.15) is 5.56 Å². The topological polar surface area (TPSA) is 124 Å². The summed E-state index contributed by atoms with van der Waals surface area (Å²) in [7, 11) is 0. The Bertz CT molecular complexity index is 832. The third-order valence-electron chi connectivity index (χ3n) is 2.89. The molecule has 0 aliphatic carbocycles. The molecule has 1 aromatic heterocycles. The van der Waals surface area contributed by atoms with Gasteiger partial charge >= 0.3 is 0 Å². The summed E-state index contributed by atoms with van der Waals surface area (Å²) in [5.41, 5.74) is 14.5. The number of ether oxygens (including phenoxy) is 1. The zero-order valence-electron chi connectivity index (χ0n) is 12.6. The van der Waals surface area contributed by atoms with E-state index in [0.29, 0.717) is 5.75 Å². The fraction of sp³-hybridized carbons (Fsp3) is 0. The minimum absolute atomic E-state index is 0.0264. The molecule has 8 nitrogen and oxygen atoms in total. The zero-order valence-corrected chi connectivity index (χ0v) is 12.6. The SMILES string of the molecule is Nc1nc(N)nc(N/N=C/c2cccc(Oc3ccccc3)c2)n1. The van der Waals surface area contributed by atoms with Gasteiger partial charge in [-0.1, -0.05) is 30.3 Å². The highest BCUT2D eigenvalue weighted by Crippen LogP contribution is 2.21. The summed E-state index contributed by atoms with van der Waals surface area (Å²) in [6.45, 7) is 0. The van der Waals surface area contributed by atoms with Crippen LogP contribution in [-0.2, 0) is 0 Å². The quantitative estimate of drug-likeness (QED) is 0.486. The lowest BCUT2D eigenvalue weighted by Crippen LogP contribution is -2.06. The molecule has 0 unspecified atom stereocenters. The molecule has 0 aliphatic heterocycles. The molecular formula is C16H15N7O. The number of nitrogen functional groups attached to an aromatic ring is 2. The van der Waals surface area contributed by atoms with Crippen LogP contribution in [0.3, 0.4) is 0 Å². The minimum Gasteiger partial charge on any atom is -0.457 e. The molecule has 5 N–H and O–H groups in total. The van der Waals surface area contributed by atoms with Crippen molar-refractivity contribution in [1.29, 1.82) is 0 Å². The standard InChI is InChI=1S/C16H15N7O/c17-14-20-15(18)22-16(21-14)23-19-10-11-5-4-8-13(9-11)24-12-6-2-1-3-7-12/h1-10H,(H5,17,18,20,21,22,23)/b19-10+. The van der Waals surface area contributed by atoms with Crippen molar-refractivity contribution in [3.05, 3.63) is 60.2 Å². The number of nitrogens with two attached hydrogens (primary N) is 2. The average molecular weight is 321 g/mol. The third-order valence-corrected chi connectivity index (χ3v) is 2.89. The molecule has 0 radical (unpaired) electrons. The van der Waals surface area contributed by atoms with Crippen molar-refractivity contribution in [3.8, 4) is 11.5 Å². The molecule has 0 amide bonds. The van der Waals surface area contributed by atoms with E-state index in [1.165, 1.54) is 0 Å². The van der Waals surface area contributed by atoms with Crippen LogP contribution in [0.25, 0.3) is 0 Å². The smallest absolute Gasteiger partial charge is 0.250 e. The number of nitrogens with zero attached hydrogens (tertiary/aromatic N) is 4. The van der Waals surface area contributed by atoms with E-state index in [9.17, 15) is 0 Å². The molecule has 120 valence electrons. The van der Waals surface area contributed by atoms with Crippen molar-refractivity contribution < 1.29 is 4.74 Å². The third kappa shape index (κ3) is 4.17. The Morgan fingerprint density at radius 2 is 1.58 bits per heavy atom. The van der Waals surface area contributed by atoms with Crippen molar-refractivity contribution in [2.75, 3.05) is 16.9 Å². The van der Waals surface area contributed by atoms with Gasteiger partial charge in [-0.2, -0.15) is 20.1 Å². The van der Waals surface area contributed by atoms with Crippen LogP contribution in [-0.4, -0.2) is 21.2 Å². The molecule has 0 fully saturated rings. The maximum atomic E-state index is 5.77. The number of aromatic nitrogens is 3. The fourth-order valence-electron chi connectivity index (χ4n) is 1.91. The van der Waals surface area contributed by atoms with Gasteiger partial charge in [-0.15, -0.1) is 0 Å². The Hall–Kier alpha value is -3.68. The van der Waals surface area contributed by atoms with Crippen LogP contribution < -0.4 is 21.6 Å². The Morgan fingerprint density at radius 1 is 0.875 bits per heavy atom. The number of anilines is 3. The Balaban J connectivity index is 1.68. The predicted molar refractivity (Wildman–Crippen MR) is 92.8 cm³/mol. The molecule has 0 saturated carbocycles. The lowest BCUT2D eigenvalue weighted by atomic mass is 10.2. The second-order valence-electron chi connectivity index (χ2n) is 4.73. The summed E-state index contributed by atoms with van der Waals surface area (Å²) in [5, 5.41) is 4.05. The van der Waals surface area contributed by atoms with Gasteiger partial charge in [0.15, 0.2) is 0 Å². The van der Waals surface area contributed by atoms with Gasteiger partial charge in [0.2, 0.25) is 17.8 Å². The monoisotopic (exact) mass is 321 g/mol. The van der Waals surface area contributed by atoms with Crippen molar-refractivity contribution in [1.82, 2.24) is 15.0 Å². The van der Waals surface area contributed by atoms with Gasteiger partial charge in [0.05, 0.1) is 6.21 Å². The molecule has 0 atom stereocenters. The van der Waals surface area contributed by atoms with Crippen LogP contribution in [0.15, 0.2) is 59.7 Å². The second kappa shape index (κ2) is 7.05. The van der Waals surface area contributed by atoms with Gasteiger partial charge in [-0.05, 0) is 29.8 Å².